The third-order valence-electron chi connectivity index (χ3n) is 3.29. The van der Waals surface area contributed by atoms with Gasteiger partial charge in [-0.15, -0.1) is 0 Å². The molecular weight excluding hydrogens is 188 g/mol. The van der Waals surface area contributed by atoms with Gasteiger partial charge in [-0.3, -0.25) is 4.90 Å². The lowest BCUT2D eigenvalue weighted by Crippen LogP contribution is -2.51. The van der Waals surface area contributed by atoms with Gasteiger partial charge < -0.3 is 10.8 Å². The topological polar surface area (TPSA) is 49.5 Å². The third kappa shape index (κ3) is 3.74. The van der Waals surface area contributed by atoms with Gasteiger partial charge in [0, 0.05) is 12.1 Å². The molecule has 3 nitrogen and oxygen atoms in total. The van der Waals surface area contributed by atoms with Gasteiger partial charge in [-0.2, -0.15) is 0 Å². The summed E-state index contributed by atoms with van der Waals surface area (Å²) in [5.74, 6) is 0.665. The van der Waals surface area contributed by atoms with E-state index >= 15 is 0 Å². The van der Waals surface area contributed by atoms with Crippen molar-refractivity contribution in [3.05, 3.63) is 0 Å². The Morgan fingerprint density at radius 1 is 1.27 bits per heavy atom. The Bertz CT molecular complexity index is 165. The Labute approximate surface area is 93.6 Å². The first-order chi connectivity index (χ1) is 7.24. The van der Waals surface area contributed by atoms with Gasteiger partial charge in [0.2, 0.25) is 0 Å². The number of aliphatic hydroxyl groups excluding tert-OH is 1. The minimum absolute atomic E-state index is 0.174. The molecule has 1 fully saturated rings. The second-order valence-electron chi connectivity index (χ2n) is 4.70. The Balaban J connectivity index is 2.50. The van der Waals surface area contributed by atoms with Crippen LogP contribution in [-0.2, 0) is 0 Å². The predicted molar refractivity (Wildman–Crippen MR) is 63.7 cm³/mol. The van der Waals surface area contributed by atoms with Gasteiger partial charge in [0.15, 0.2) is 0 Å². The van der Waals surface area contributed by atoms with Crippen LogP contribution in [-0.4, -0.2) is 41.8 Å². The van der Waals surface area contributed by atoms with Crippen molar-refractivity contribution < 1.29 is 5.11 Å². The highest BCUT2D eigenvalue weighted by molar-refractivity contribution is 4.93. The van der Waals surface area contributed by atoms with Crippen molar-refractivity contribution >= 4 is 0 Å². The summed E-state index contributed by atoms with van der Waals surface area (Å²) < 4.78 is 0. The maximum absolute atomic E-state index is 9.48. The number of rotatable bonds is 8. The number of nitrogens with two attached hydrogens (primary N) is 1. The fourth-order valence-electron chi connectivity index (χ4n) is 2.29. The van der Waals surface area contributed by atoms with Crippen LogP contribution in [0.1, 0.15) is 39.5 Å². The zero-order valence-electron chi connectivity index (χ0n) is 10.2. The van der Waals surface area contributed by atoms with E-state index < -0.39 is 0 Å². The van der Waals surface area contributed by atoms with Gasteiger partial charge in [-0.25, -0.2) is 0 Å². The molecule has 0 bridgehead atoms. The molecule has 0 radical (unpaired) electrons. The number of hydrogen-bond donors (Lipinski definition) is 2. The summed E-state index contributed by atoms with van der Waals surface area (Å²) in [4.78, 5) is 2.36. The van der Waals surface area contributed by atoms with Crippen molar-refractivity contribution in [3.63, 3.8) is 0 Å². The molecule has 0 aromatic heterocycles. The molecule has 3 heteroatoms. The molecule has 1 rings (SSSR count). The highest BCUT2D eigenvalue weighted by atomic mass is 16.3. The van der Waals surface area contributed by atoms with Crippen molar-refractivity contribution in [2.24, 2.45) is 11.7 Å². The van der Waals surface area contributed by atoms with E-state index in [4.69, 9.17) is 5.73 Å². The summed E-state index contributed by atoms with van der Waals surface area (Å²) in [6, 6.07) is 0.352. The molecule has 0 aromatic carbocycles. The summed E-state index contributed by atoms with van der Waals surface area (Å²) in [6.45, 7) is 6.68. The molecule has 3 N–H and O–H groups in total. The first-order valence-corrected chi connectivity index (χ1v) is 6.35. The minimum atomic E-state index is 0.174. The maximum Gasteiger partial charge on any atom is 0.0602 e. The highest BCUT2D eigenvalue weighted by Crippen LogP contribution is 2.34. The molecule has 0 aliphatic heterocycles. The largest absolute Gasteiger partial charge is 0.395 e. The fraction of sp³-hybridized carbons (Fsp3) is 1.00. The first kappa shape index (κ1) is 12.9. The quantitative estimate of drug-likeness (QED) is 0.638. The van der Waals surface area contributed by atoms with Gasteiger partial charge >= 0.3 is 0 Å². The van der Waals surface area contributed by atoms with Crippen LogP contribution in [0.3, 0.4) is 0 Å². The molecule has 1 aliphatic carbocycles. The molecule has 2 atom stereocenters. The van der Waals surface area contributed by atoms with Crippen molar-refractivity contribution in [1.82, 2.24) is 4.90 Å². The standard InChI is InChI=1S/C12H26N2O/c1-3-7-14(8-4-2)11(9-15)12(13)10-5-6-10/h10-12,15H,3-9,13H2,1-2H3. The van der Waals surface area contributed by atoms with Crippen LogP contribution in [0, 0.1) is 5.92 Å². The van der Waals surface area contributed by atoms with Crippen LogP contribution in [0.15, 0.2) is 0 Å². The molecule has 0 saturated heterocycles. The molecular formula is C12H26N2O. The van der Waals surface area contributed by atoms with Gasteiger partial charge in [0.05, 0.1) is 6.61 Å². The molecule has 0 spiro atoms. The van der Waals surface area contributed by atoms with Gasteiger partial charge in [0.25, 0.3) is 0 Å². The Morgan fingerprint density at radius 2 is 1.80 bits per heavy atom. The lowest BCUT2D eigenvalue weighted by Gasteiger charge is -2.34. The fourth-order valence-corrected chi connectivity index (χ4v) is 2.29. The van der Waals surface area contributed by atoms with Crippen molar-refractivity contribution in [1.29, 1.82) is 0 Å². The Hall–Kier alpha value is -0.120. The van der Waals surface area contributed by atoms with Crippen LogP contribution in [0.4, 0.5) is 0 Å². The first-order valence-electron chi connectivity index (χ1n) is 6.35. The van der Waals surface area contributed by atoms with Crippen LogP contribution in [0.2, 0.25) is 0 Å². The molecule has 0 heterocycles. The van der Waals surface area contributed by atoms with Gasteiger partial charge in [-0.1, -0.05) is 13.8 Å². The molecule has 0 aromatic rings. The summed E-state index contributed by atoms with van der Waals surface area (Å²) in [6.07, 6.45) is 4.77. The van der Waals surface area contributed by atoms with E-state index in [-0.39, 0.29) is 18.7 Å². The van der Waals surface area contributed by atoms with Crippen molar-refractivity contribution in [2.45, 2.75) is 51.6 Å². The second kappa shape index (κ2) is 6.46. The van der Waals surface area contributed by atoms with E-state index in [9.17, 15) is 5.11 Å². The smallest absolute Gasteiger partial charge is 0.0602 e. The van der Waals surface area contributed by atoms with Crippen molar-refractivity contribution in [3.8, 4) is 0 Å². The van der Waals surface area contributed by atoms with Crippen LogP contribution < -0.4 is 5.73 Å². The zero-order chi connectivity index (χ0) is 11.3. The number of nitrogens with zero attached hydrogens (tertiary/aromatic N) is 1. The molecule has 1 saturated carbocycles. The SMILES string of the molecule is CCCN(CCC)C(CO)C(N)C1CC1. The lowest BCUT2D eigenvalue weighted by molar-refractivity contribution is 0.0978. The summed E-state index contributed by atoms with van der Waals surface area (Å²) >= 11 is 0. The lowest BCUT2D eigenvalue weighted by atomic mass is 10.0. The number of aliphatic hydroxyl groups is 1. The third-order valence-corrected chi connectivity index (χ3v) is 3.29. The molecule has 15 heavy (non-hydrogen) atoms. The summed E-state index contributed by atoms with van der Waals surface area (Å²) in [5.41, 5.74) is 6.19. The predicted octanol–water partition coefficient (Wildman–Crippen LogP) is 1.21. The summed E-state index contributed by atoms with van der Waals surface area (Å²) in [5, 5.41) is 9.48. The van der Waals surface area contributed by atoms with E-state index in [1.807, 2.05) is 0 Å². The van der Waals surface area contributed by atoms with Crippen LogP contribution >= 0.6 is 0 Å². The van der Waals surface area contributed by atoms with Gasteiger partial charge in [-0.05, 0) is 44.7 Å². The minimum Gasteiger partial charge on any atom is -0.395 e. The summed E-state index contributed by atoms with van der Waals surface area (Å²) in [7, 11) is 0. The van der Waals surface area contributed by atoms with E-state index in [1.54, 1.807) is 0 Å². The molecule has 90 valence electrons. The van der Waals surface area contributed by atoms with Crippen LogP contribution in [0.5, 0.6) is 0 Å². The zero-order valence-corrected chi connectivity index (χ0v) is 10.2. The monoisotopic (exact) mass is 214 g/mol. The molecule has 1 aliphatic rings. The highest BCUT2D eigenvalue weighted by Gasteiger charge is 2.35. The average Bonchev–Trinajstić information content (AvgIpc) is 3.02. The van der Waals surface area contributed by atoms with E-state index in [0.717, 1.165) is 25.9 Å². The normalized spacial score (nSPS) is 20.6. The Morgan fingerprint density at radius 3 is 2.13 bits per heavy atom. The average molecular weight is 214 g/mol. The molecule has 0 amide bonds. The van der Waals surface area contributed by atoms with E-state index in [0.29, 0.717) is 5.92 Å². The van der Waals surface area contributed by atoms with E-state index in [2.05, 4.69) is 18.7 Å². The van der Waals surface area contributed by atoms with Crippen LogP contribution in [0.25, 0.3) is 0 Å². The second-order valence-corrected chi connectivity index (χ2v) is 4.70. The van der Waals surface area contributed by atoms with E-state index in [1.165, 1.54) is 12.8 Å². The molecule has 2 unspecified atom stereocenters. The van der Waals surface area contributed by atoms with Crippen molar-refractivity contribution in [2.75, 3.05) is 19.7 Å². The van der Waals surface area contributed by atoms with Gasteiger partial charge in [0.1, 0.15) is 0 Å². The Kier molecular flexibility index (Phi) is 5.58. The maximum atomic E-state index is 9.48. The number of hydrogen-bond acceptors (Lipinski definition) is 3.